The van der Waals surface area contributed by atoms with Gasteiger partial charge < -0.3 is 14.7 Å². The molecule has 0 bridgehead atoms. The predicted molar refractivity (Wildman–Crippen MR) is 82.5 cm³/mol. The van der Waals surface area contributed by atoms with Gasteiger partial charge in [0, 0.05) is 13.0 Å². The van der Waals surface area contributed by atoms with E-state index in [4.69, 9.17) is 9.47 Å². The number of hydrogen-bond acceptors (Lipinski definition) is 3. The summed E-state index contributed by atoms with van der Waals surface area (Å²) < 4.78 is 12.2. The normalized spacial score (nSPS) is 22.9. The number of hydrogen-bond donors (Lipinski definition) is 0. The summed E-state index contributed by atoms with van der Waals surface area (Å²) in [5, 5.41) is 11.6. The van der Waals surface area contributed by atoms with Gasteiger partial charge in [-0.3, -0.25) is 0 Å². The van der Waals surface area contributed by atoms with E-state index in [9.17, 15) is 5.21 Å². The molecule has 4 nitrogen and oxygen atoms in total. The van der Waals surface area contributed by atoms with Gasteiger partial charge in [-0.2, -0.15) is 4.73 Å². The van der Waals surface area contributed by atoms with Gasteiger partial charge in [0.1, 0.15) is 0 Å². The van der Waals surface area contributed by atoms with Crippen LogP contribution < -0.4 is 14.2 Å². The van der Waals surface area contributed by atoms with Crippen LogP contribution in [0.4, 0.5) is 0 Å². The average molecular weight is 293 g/mol. The molecule has 21 heavy (non-hydrogen) atoms. The van der Waals surface area contributed by atoms with Crippen LogP contribution in [-0.4, -0.2) is 13.2 Å². The number of ether oxygens (including phenoxy) is 2. The molecule has 118 valence electrons. The molecule has 0 N–H and O–H groups in total. The lowest BCUT2D eigenvalue weighted by Gasteiger charge is -2.37. The fourth-order valence-corrected chi connectivity index (χ4v) is 3.17. The zero-order chi connectivity index (χ0) is 15.6. The summed E-state index contributed by atoms with van der Waals surface area (Å²) in [5.74, 6) is 1.99. The van der Waals surface area contributed by atoms with E-state index in [0.717, 1.165) is 23.5 Å². The highest BCUT2D eigenvalue weighted by atomic mass is 16.5. The molecule has 1 aliphatic carbocycles. The van der Waals surface area contributed by atoms with Crippen molar-refractivity contribution in [1.82, 2.24) is 0 Å². The lowest BCUT2D eigenvalue weighted by molar-refractivity contribution is -0.612. The van der Waals surface area contributed by atoms with Gasteiger partial charge in [-0.1, -0.05) is 20.8 Å². The molecule has 0 aromatic carbocycles. The van der Waals surface area contributed by atoms with E-state index in [1.54, 1.807) is 20.1 Å². The second-order valence-corrected chi connectivity index (χ2v) is 7.08. The van der Waals surface area contributed by atoms with Crippen LogP contribution >= 0.6 is 0 Å². The summed E-state index contributed by atoms with van der Waals surface area (Å²) in [6.07, 6.45) is 6.23. The van der Waals surface area contributed by atoms with Crippen molar-refractivity contribution in [2.75, 3.05) is 7.11 Å². The molecule has 0 saturated heterocycles. The minimum atomic E-state index is 0.222. The van der Waals surface area contributed by atoms with Crippen molar-refractivity contribution in [3.63, 3.8) is 0 Å². The van der Waals surface area contributed by atoms with Crippen molar-refractivity contribution in [2.24, 2.45) is 11.3 Å². The highest BCUT2D eigenvalue weighted by molar-refractivity contribution is 5.40. The molecule has 1 heterocycles. The molecule has 0 spiro atoms. The molecule has 0 unspecified atom stereocenters. The number of aromatic nitrogens is 1. The minimum absolute atomic E-state index is 0.222. The Balaban J connectivity index is 2.03. The lowest BCUT2D eigenvalue weighted by atomic mass is 9.72. The Kier molecular flexibility index (Phi) is 4.64. The first-order chi connectivity index (χ1) is 9.82. The quantitative estimate of drug-likeness (QED) is 0.631. The van der Waals surface area contributed by atoms with Crippen LogP contribution in [0.3, 0.4) is 0 Å². The van der Waals surface area contributed by atoms with E-state index >= 15 is 0 Å². The van der Waals surface area contributed by atoms with Gasteiger partial charge in [0.05, 0.1) is 13.2 Å². The van der Waals surface area contributed by atoms with Gasteiger partial charge in [-0.25, -0.2) is 0 Å². The molecule has 0 atom stereocenters. The molecule has 1 fully saturated rings. The summed E-state index contributed by atoms with van der Waals surface area (Å²) in [6, 6.07) is 1.70. The fraction of sp³-hybridized carbons (Fsp3) is 0.706. The van der Waals surface area contributed by atoms with Gasteiger partial charge in [0.25, 0.3) is 0 Å². The van der Waals surface area contributed by atoms with Gasteiger partial charge in [0.2, 0.25) is 11.4 Å². The topological polar surface area (TPSA) is 45.4 Å². The maximum atomic E-state index is 11.6. The summed E-state index contributed by atoms with van der Waals surface area (Å²) in [5.41, 5.74) is 0.915. The van der Waals surface area contributed by atoms with Gasteiger partial charge >= 0.3 is 0 Å². The Labute approximate surface area is 127 Å². The second kappa shape index (κ2) is 6.12. The lowest BCUT2D eigenvalue weighted by Crippen LogP contribution is -2.32. The highest BCUT2D eigenvalue weighted by Crippen LogP contribution is 2.39. The third kappa shape index (κ3) is 3.60. The summed E-state index contributed by atoms with van der Waals surface area (Å²) in [4.78, 5) is 0. The first-order valence-electron chi connectivity index (χ1n) is 7.76. The maximum Gasteiger partial charge on any atom is 0.235 e. The van der Waals surface area contributed by atoms with Crippen molar-refractivity contribution >= 4 is 0 Å². The molecule has 1 aromatic rings. The van der Waals surface area contributed by atoms with Crippen LogP contribution in [0.5, 0.6) is 11.5 Å². The smallest absolute Gasteiger partial charge is 0.235 e. The van der Waals surface area contributed by atoms with E-state index < -0.39 is 0 Å². The van der Waals surface area contributed by atoms with Gasteiger partial charge in [0.15, 0.2) is 11.9 Å². The van der Waals surface area contributed by atoms with Crippen molar-refractivity contribution in [3.05, 3.63) is 23.2 Å². The summed E-state index contributed by atoms with van der Waals surface area (Å²) in [6.45, 7) is 8.69. The molecular weight excluding hydrogens is 266 g/mol. The van der Waals surface area contributed by atoms with E-state index in [1.807, 2.05) is 0 Å². The van der Waals surface area contributed by atoms with Crippen LogP contribution in [0.2, 0.25) is 0 Å². The molecule has 1 aromatic heterocycles. The first-order valence-corrected chi connectivity index (χ1v) is 7.76. The summed E-state index contributed by atoms with van der Waals surface area (Å²) >= 11 is 0. The van der Waals surface area contributed by atoms with Crippen molar-refractivity contribution in [1.29, 1.82) is 0 Å². The van der Waals surface area contributed by atoms with Crippen LogP contribution in [0.1, 0.15) is 52.1 Å². The van der Waals surface area contributed by atoms with Crippen LogP contribution in [0.25, 0.3) is 0 Å². The largest absolute Gasteiger partial charge is 0.618 e. The zero-order valence-electron chi connectivity index (χ0n) is 13.8. The van der Waals surface area contributed by atoms with Crippen LogP contribution in [-0.2, 0) is 0 Å². The van der Waals surface area contributed by atoms with E-state index in [2.05, 4.69) is 20.8 Å². The second-order valence-electron chi connectivity index (χ2n) is 7.08. The Morgan fingerprint density at radius 3 is 2.33 bits per heavy atom. The van der Waals surface area contributed by atoms with E-state index in [-0.39, 0.29) is 6.10 Å². The Morgan fingerprint density at radius 1 is 1.19 bits per heavy atom. The van der Waals surface area contributed by atoms with Crippen LogP contribution in [0.15, 0.2) is 12.3 Å². The molecule has 0 aliphatic heterocycles. The standard InChI is InChI=1S/C17H27NO3/c1-12-16(20-5)15(10-11-18(12)19)21-14-8-6-13(7-9-14)17(2,3)4/h10-11,13-14H,6-9H2,1-5H3/t13-,14+. The summed E-state index contributed by atoms with van der Waals surface area (Å²) in [7, 11) is 1.58. The highest BCUT2D eigenvalue weighted by Gasteiger charge is 2.31. The molecular formula is C17H27NO3. The monoisotopic (exact) mass is 293 g/mol. The number of rotatable bonds is 3. The Bertz CT molecular complexity index is 486. The van der Waals surface area contributed by atoms with Gasteiger partial charge in [-0.05, 0) is 37.0 Å². The van der Waals surface area contributed by atoms with Gasteiger partial charge in [-0.15, -0.1) is 0 Å². The van der Waals surface area contributed by atoms with Crippen LogP contribution in [0, 0.1) is 23.5 Å². The van der Waals surface area contributed by atoms with Crippen molar-refractivity contribution in [2.45, 2.75) is 59.5 Å². The number of pyridine rings is 1. The Hall–Kier alpha value is -1.45. The molecule has 1 saturated carbocycles. The number of nitrogens with zero attached hydrogens (tertiary/aromatic N) is 1. The van der Waals surface area contributed by atoms with Crippen molar-refractivity contribution < 1.29 is 14.2 Å². The van der Waals surface area contributed by atoms with E-state index in [0.29, 0.717) is 22.6 Å². The predicted octanol–water partition coefficient (Wildman–Crippen LogP) is 3.62. The minimum Gasteiger partial charge on any atom is -0.618 e. The Morgan fingerprint density at radius 2 is 1.81 bits per heavy atom. The molecule has 0 amide bonds. The molecule has 0 radical (unpaired) electrons. The number of methoxy groups -OCH3 is 1. The van der Waals surface area contributed by atoms with E-state index in [1.165, 1.54) is 19.0 Å². The first kappa shape index (κ1) is 15.9. The maximum absolute atomic E-state index is 11.6. The SMILES string of the molecule is COc1c(O[C@H]2CC[C@@H](C(C)(C)C)CC2)cc[n+]([O-])c1C. The third-order valence-electron chi connectivity index (χ3n) is 4.64. The molecule has 4 heteroatoms. The molecule has 1 aliphatic rings. The average Bonchev–Trinajstić information content (AvgIpc) is 2.43. The third-order valence-corrected chi connectivity index (χ3v) is 4.64. The zero-order valence-corrected chi connectivity index (χ0v) is 13.8. The fourth-order valence-electron chi connectivity index (χ4n) is 3.17. The van der Waals surface area contributed by atoms with Crippen molar-refractivity contribution in [3.8, 4) is 11.5 Å². The molecule has 2 rings (SSSR count).